The Labute approximate surface area is 140 Å². The third kappa shape index (κ3) is 2.64. The van der Waals surface area contributed by atoms with E-state index in [2.05, 4.69) is 26.3 Å². The standard InChI is InChI=1S/C18H18N6/c1-2-12(1)15-9-16(13-3-4-13)24(23-15)18-6-5-14(10-21-18)22-17-11-19-7-8-20-17/h5-13H,1-4H2,(H,20,22). The number of rotatable bonds is 5. The number of nitrogens with zero attached hydrogens (tertiary/aromatic N) is 5. The summed E-state index contributed by atoms with van der Waals surface area (Å²) in [6, 6.07) is 6.31. The fourth-order valence-electron chi connectivity index (χ4n) is 2.94. The molecule has 6 nitrogen and oxygen atoms in total. The van der Waals surface area contributed by atoms with E-state index < -0.39 is 0 Å². The van der Waals surface area contributed by atoms with E-state index in [9.17, 15) is 0 Å². The normalized spacial score (nSPS) is 17.0. The largest absolute Gasteiger partial charge is 0.338 e. The number of hydrogen-bond donors (Lipinski definition) is 1. The van der Waals surface area contributed by atoms with Crippen molar-refractivity contribution in [2.75, 3.05) is 5.32 Å². The van der Waals surface area contributed by atoms with Crippen molar-refractivity contribution in [2.45, 2.75) is 37.5 Å². The van der Waals surface area contributed by atoms with E-state index in [1.807, 2.05) is 23.0 Å². The third-order valence-electron chi connectivity index (χ3n) is 4.55. The summed E-state index contributed by atoms with van der Waals surface area (Å²) in [5.74, 6) is 2.92. The number of anilines is 2. The summed E-state index contributed by atoms with van der Waals surface area (Å²) in [4.78, 5) is 12.9. The van der Waals surface area contributed by atoms with Gasteiger partial charge in [0.1, 0.15) is 5.82 Å². The van der Waals surface area contributed by atoms with Crippen molar-refractivity contribution in [1.29, 1.82) is 0 Å². The molecule has 3 aromatic heterocycles. The van der Waals surface area contributed by atoms with Crippen molar-refractivity contribution in [3.63, 3.8) is 0 Å². The van der Waals surface area contributed by atoms with Crippen LogP contribution >= 0.6 is 0 Å². The van der Waals surface area contributed by atoms with Crippen LogP contribution in [0.5, 0.6) is 0 Å². The van der Waals surface area contributed by atoms with E-state index in [4.69, 9.17) is 5.10 Å². The molecule has 2 aliphatic carbocycles. The second kappa shape index (κ2) is 5.40. The molecule has 0 unspecified atom stereocenters. The molecule has 3 aromatic rings. The first-order valence-electron chi connectivity index (χ1n) is 8.46. The van der Waals surface area contributed by atoms with Crippen LogP contribution in [0.4, 0.5) is 11.5 Å². The molecular weight excluding hydrogens is 300 g/mol. The van der Waals surface area contributed by atoms with Gasteiger partial charge in [-0.05, 0) is 43.9 Å². The lowest BCUT2D eigenvalue weighted by atomic mass is 10.2. The molecular formula is C18H18N6. The van der Waals surface area contributed by atoms with Crippen LogP contribution in [-0.2, 0) is 0 Å². The van der Waals surface area contributed by atoms with Crippen LogP contribution in [0.3, 0.4) is 0 Å². The van der Waals surface area contributed by atoms with Crippen LogP contribution in [0, 0.1) is 0 Å². The lowest BCUT2D eigenvalue weighted by Gasteiger charge is -2.08. The predicted molar refractivity (Wildman–Crippen MR) is 90.6 cm³/mol. The van der Waals surface area contributed by atoms with Gasteiger partial charge >= 0.3 is 0 Å². The molecule has 120 valence electrons. The van der Waals surface area contributed by atoms with Crippen LogP contribution in [-0.4, -0.2) is 24.7 Å². The molecule has 3 heterocycles. The maximum atomic E-state index is 4.83. The van der Waals surface area contributed by atoms with Crippen molar-refractivity contribution in [1.82, 2.24) is 24.7 Å². The third-order valence-corrected chi connectivity index (χ3v) is 4.55. The van der Waals surface area contributed by atoms with Crippen LogP contribution in [0.2, 0.25) is 0 Å². The summed E-state index contributed by atoms with van der Waals surface area (Å²) >= 11 is 0. The maximum Gasteiger partial charge on any atom is 0.153 e. The zero-order valence-electron chi connectivity index (χ0n) is 13.3. The highest BCUT2D eigenvalue weighted by Gasteiger charge is 2.33. The smallest absolute Gasteiger partial charge is 0.153 e. The molecule has 0 radical (unpaired) electrons. The lowest BCUT2D eigenvalue weighted by Crippen LogP contribution is -2.04. The molecule has 0 bridgehead atoms. The first kappa shape index (κ1) is 13.7. The monoisotopic (exact) mass is 318 g/mol. The van der Waals surface area contributed by atoms with E-state index in [1.165, 1.54) is 37.1 Å². The summed E-state index contributed by atoms with van der Waals surface area (Å²) in [6.45, 7) is 0. The topological polar surface area (TPSA) is 68.5 Å². The van der Waals surface area contributed by atoms with Gasteiger partial charge in [-0.25, -0.2) is 14.6 Å². The molecule has 6 heteroatoms. The molecule has 2 aliphatic rings. The Morgan fingerprint density at radius 2 is 1.83 bits per heavy atom. The van der Waals surface area contributed by atoms with Gasteiger partial charge in [0.25, 0.3) is 0 Å². The van der Waals surface area contributed by atoms with Crippen LogP contribution in [0.1, 0.15) is 48.9 Å². The Morgan fingerprint density at radius 1 is 0.958 bits per heavy atom. The minimum Gasteiger partial charge on any atom is -0.338 e. The van der Waals surface area contributed by atoms with Crippen molar-refractivity contribution < 1.29 is 0 Å². The van der Waals surface area contributed by atoms with Crippen molar-refractivity contribution in [3.05, 3.63) is 54.4 Å². The average Bonchev–Trinajstić information content (AvgIpc) is 3.55. The molecule has 1 N–H and O–H groups in total. The van der Waals surface area contributed by atoms with Crippen LogP contribution < -0.4 is 5.32 Å². The van der Waals surface area contributed by atoms with Gasteiger partial charge in [-0.3, -0.25) is 4.98 Å². The van der Waals surface area contributed by atoms with Crippen molar-refractivity contribution >= 4 is 11.5 Å². The van der Waals surface area contributed by atoms with E-state index >= 15 is 0 Å². The second-order valence-corrected chi connectivity index (χ2v) is 6.58. The number of pyridine rings is 1. The molecule has 0 spiro atoms. The molecule has 5 rings (SSSR count). The Hall–Kier alpha value is -2.76. The predicted octanol–water partition coefficient (Wildman–Crippen LogP) is 3.56. The highest BCUT2D eigenvalue weighted by molar-refractivity contribution is 5.54. The minimum atomic E-state index is 0.657. The van der Waals surface area contributed by atoms with Crippen molar-refractivity contribution in [3.8, 4) is 5.82 Å². The Morgan fingerprint density at radius 3 is 2.50 bits per heavy atom. The summed E-state index contributed by atoms with van der Waals surface area (Å²) < 4.78 is 2.04. The summed E-state index contributed by atoms with van der Waals surface area (Å²) in [6.07, 6.45) is 11.9. The van der Waals surface area contributed by atoms with E-state index in [1.54, 1.807) is 18.6 Å². The maximum absolute atomic E-state index is 4.83. The summed E-state index contributed by atoms with van der Waals surface area (Å²) in [5, 5.41) is 8.03. The molecule has 2 fully saturated rings. The molecule has 0 saturated heterocycles. The Kier molecular flexibility index (Phi) is 3.07. The summed E-state index contributed by atoms with van der Waals surface area (Å²) in [5.41, 5.74) is 3.45. The molecule has 0 atom stereocenters. The zero-order valence-corrected chi connectivity index (χ0v) is 13.3. The first-order valence-corrected chi connectivity index (χ1v) is 8.46. The van der Waals surface area contributed by atoms with Gasteiger partial charge in [-0.2, -0.15) is 5.10 Å². The average molecular weight is 318 g/mol. The van der Waals surface area contributed by atoms with Gasteiger partial charge in [0.2, 0.25) is 0 Å². The van der Waals surface area contributed by atoms with Crippen molar-refractivity contribution in [2.24, 2.45) is 0 Å². The van der Waals surface area contributed by atoms with Gasteiger partial charge in [0.15, 0.2) is 5.82 Å². The number of hydrogen-bond acceptors (Lipinski definition) is 5. The van der Waals surface area contributed by atoms with E-state index in [0.29, 0.717) is 17.7 Å². The van der Waals surface area contributed by atoms with Gasteiger partial charge < -0.3 is 5.32 Å². The molecule has 0 amide bonds. The minimum absolute atomic E-state index is 0.657. The summed E-state index contributed by atoms with van der Waals surface area (Å²) in [7, 11) is 0. The van der Waals surface area contributed by atoms with Gasteiger partial charge in [0, 0.05) is 29.9 Å². The molecule has 2 saturated carbocycles. The van der Waals surface area contributed by atoms with Gasteiger partial charge in [-0.15, -0.1) is 0 Å². The highest BCUT2D eigenvalue weighted by atomic mass is 15.3. The number of aromatic nitrogens is 5. The fraction of sp³-hybridized carbons (Fsp3) is 0.333. The molecule has 0 aliphatic heterocycles. The SMILES string of the molecule is c1cnc(Nc2ccc(-n3nc(C4CC4)cc3C3CC3)nc2)cn1. The van der Waals surface area contributed by atoms with Gasteiger partial charge in [-0.1, -0.05) is 0 Å². The lowest BCUT2D eigenvalue weighted by molar-refractivity contribution is 0.766. The zero-order chi connectivity index (χ0) is 15.9. The van der Waals surface area contributed by atoms with Gasteiger partial charge in [0.05, 0.1) is 23.8 Å². The molecule has 0 aromatic carbocycles. The Balaban J connectivity index is 1.43. The van der Waals surface area contributed by atoms with Crippen LogP contribution in [0.25, 0.3) is 5.82 Å². The number of nitrogens with one attached hydrogen (secondary N) is 1. The van der Waals surface area contributed by atoms with Crippen LogP contribution in [0.15, 0.2) is 43.0 Å². The second-order valence-electron chi connectivity index (χ2n) is 6.58. The Bertz CT molecular complexity index is 847. The van der Waals surface area contributed by atoms with E-state index in [0.717, 1.165) is 11.5 Å². The fourth-order valence-corrected chi connectivity index (χ4v) is 2.94. The first-order chi connectivity index (χ1) is 11.9. The highest BCUT2D eigenvalue weighted by Crippen LogP contribution is 2.45. The molecule has 24 heavy (non-hydrogen) atoms. The van der Waals surface area contributed by atoms with E-state index in [-0.39, 0.29) is 0 Å². The quantitative estimate of drug-likeness (QED) is 0.779.